The van der Waals surface area contributed by atoms with Crippen LogP contribution in [-0.4, -0.2) is 36.1 Å². The number of hydrogen-bond acceptors (Lipinski definition) is 6. The summed E-state index contributed by atoms with van der Waals surface area (Å²) in [7, 11) is 0. The maximum absolute atomic E-state index is 10.7. The number of aromatic nitrogens is 1. The van der Waals surface area contributed by atoms with Crippen molar-refractivity contribution in [3.05, 3.63) is 22.2 Å². The van der Waals surface area contributed by atoms with Gasteiger partial charge in [-0.2, -0.15) is 0 Å². The van der Waals surface area contributed by atoms with Gasteiger partial charge in [-0.15, -0.1) is 0 Å². The van der Waals surface area contributed by atoms with Crippen LogP contribution in [0.2, 0.25) is 0 Å². The fourth-order valence-corrected chi connectivity index (χ4v) is 2.50. The summed E-state index contributed by atoms with van der Waals surface area (Å²) < 4.78 is 0. The van der Waals surface area contributed by atoms with Gasteiger partial charge >= 0.3 is 5.69 Å². The molecule has 0 unspecified atom stereocenters. The summed E-state index contributed by atoms with van der Waals surface area (Å²) in [5.74, 6) is 1.42. The van der Waals surface area contributed by atoms with Crippen molar-refractivity contribution in [2.45, 2.75) is 19.8 Å². The van der Waals surface area contributed by atoms with Gasteiger partial charge in [0.25, 0.3) is 0 Å². The molecule has 0 spiro atoms. The van der Waals surface area contributed by atoms with E-state index in [0.717, 1.165) is 44.8 Å². The number of nitrogens with one attached hydrogen (secondary N) is 1. The molecule has 0 amide bonds. The van der Waals surface area contributed by atoms with Gasteiger partial charge in [-0.1, -0.05) is 6.92 Å². The molecule has 3 N–H and O–H groups in total. The highest BCUT2D eigenvalue weighted by atomic mass is 16.6. The minimum absolute atomic E-state index is 0.0118. The Bertz CT molecular complexity index is 472. The van der Waals surface area contributed by atoms with Gasteiger partial charge < -0.3 is 16.0 Å². The van der Waals surface area contributed by atoms with Crippen LogP contribution < -0.4 is 16.0 Å². The molecule has 1 aromatic rings. The summed E-state index contributed by atoms with van der Waals surface area (Å²) in [6, 6.07) is 3.11. The normalized spacial score (nSPS) is 16.4. The van der Waals surface area contributed by atoms with E-state index in [1.165, 1.54) is 6.07 Å². The number of nitrogens with two attached hydrogens (primary N) is 1. The Morgan fingerprint density at radius 2 is 2.20 bits per heavy atom. The molecule has 2 heterocycles. The fourth-order valence-electron chi connectivity index (χ4n) is 2.50. The van der Waals surface area contributed by atoms with E-state index in [1.807, 2.05) is 0 Å². The van der Waals surface area contributed by atoms with Crippen LogP contribution in [-0.2, 0) is 0 Å². The lowest BCUT2D eigenvalue weighted by Gasteiger charge is -2.32. The first-order valence-corrected chi connectivity index (χ1v) is 6.98. The first-order valence-electron chi connectivity index (χ1n) is 6.98. The van der Waals surface area contributed by atoms with Gasteiger partial charge in [0.15, 0.2) is 0 Å². The zero-order chi connectivity index (χ0) is 14.5. The molecule has 1 aliphatic heterocycles. The number of rotatable bonds is 5. The van der Waals surface area contributed by atoms with E-state index in [2.05, 4.69) is 22.1 Å². The Morgan fingerprint density at radius 1 is 1.50 bits per heavy atom. The van der Waals surface area contributed by atoms with Crippen LogP contribution in [0.25, 0.3) is 0 Å². The molecule has 2 rings (SSSR count). The van der Waals surface area contributed by atoms with Gasteiger partial charge in [0.05, 0.1) is 4.92 Å². The number of pyridine rings is 1. The van der Waals surface area contributed by atoms with E-state index in [4.69, 9.17) is 5.73 Å². The third-order valence-electron chi connectivity index (χ3n) is 3.71. The van der Waals surface area contributed by atoms with E-state index >= 15 is 0 Å². The topological polar surface area (TPSA) is 97.3 Å². The molecular weight excluding hydrogens is 258 g/mol. The highest BCUT2D eigenvalue weighted by Gasteiger charge is 2.21. The van der Waals surface area contributed by atoms with Gasteiger partial charge in [0.1, 0.15) is 5.82 Å². The first kappa shape index (κ1) is 14.5. The number of hydrogen-bond donors (Lipinski definition) is 2. The van der Waals surface area contributed by atoms with Gasteiger partial charge in [0.2, 0.25) is 5.82 Å². The van der Waals surface area contributed by atoms with Crippen LogP contribution in [0.4, 0.5) is 17.3 Å². The second-order valence-corrected chi connectivity index (χ2v) is 5.07. The van der Waals surface area contributed by atoms with Crippen LogP contribution in [0.5, 0.6) is 0 Å². The van der Waals surface area contributed by atoms with Crippen molar-refractivity contribution in [3.63, 3.8) is 0 Å². The molecule has 0 atom stereocenters. The molecule has 110 valence electrons. The average molecular weight is 279 g/mol. The molecule has 7 heteroatoms. The van der Waals surface area contributed by atoms with E-state index in [1.54, 1.807) is 6.07 Å². The molecule has 20 heavy (non-hydrogen) atoms. The zero-order valence-corrected chi connectivity index (χ0v) is 11.7. The largest absolute Gasteiger partial charge is 0.378 e. The summed E-state index contributed by atoms with van der Waals surface area (Å²) in [6.45, 7) is 6.00. The molecular formula is C13H21N5O2. The minimum Gasteiger partial charge on any atom is -0.378 e. The average Bonchev–Trinajstić information content (AvgIpc) is 2.45. The summed E-state index contributed by atoms with van der Waals surface area (Å²) in [5.41, 5.74) is 5.50. The molecule has 1 saturated heterocycles. The SMILES string of the molecule is CCNCC1CCN(c2ccc([N+](=O)[O-])c(N)n2)CC1. The van der Waals surface area contributed by atoms with E-state index < -0.39 is 4.92 Å². The maximum atomic E-state index is 10.7. The molecule has 0 aliphatic carbocycles. The van der Waals surface area contributed by atoms with E-state index in [9.17, 15) is 10.1 Å². The van der Waals surface area contributed by atoms with Crippen molar-refractivity contribution in [1.82, 2.24) is 10.3 Å². The highest BCUT2D eigenvalue weighted by Crippen LogP contribution is 2.26. The number of anilines is 2. The van der Waals surface area contributed by atoms with Crippen LogP contribution in [0.3, 0.4) is 0 Å². The fraction of sp³-hybridized carbons (Fsp3) is 0.615. The molecule has 0 saturated carbocycles. The van der Waals surface area contributed by atoms with E-state index in [-0.39, 0.29) is 11.5 Å². The summed E-state index contributed by atoms with van der Waals surface area (Å²) in [6.07, 6.45) is 2.21. The Hall–Kier alpha value is -1.89. The predicted molar refractivity (Wildman–Crippen MR) is 78.8 cm³/mol. The Labute approximate surface area is 118 Å². The number of piperidine rings is 1. The second kappa shape index (κ2) is 6.51. The zero-order valence-electron chi connectivity index (χ0n) is 11.7. The molecule has 0 radical (unpaired) electrons. The Morgan fingerprint density at radius 3 is 2.75 bits per heavy atom. The minimum atomic E-state index is -0.505. The standard InChI is InChI=1S/C13H21N5O2/c1-2-15-9-10-5-7-17(8-6-10)12-4-3-11(18(19)20)13(14)16-12/h3-4,10,15H,2,5-9H2,1H3,(H2,14,16). The maximum Gasteiger partial charge on any atom is 0.311 e. The van der Waals surface area contributed by atoms with Crippen LogP contribution in [0, 0.1) is 16.0 Å². The smallest absolute Gasteiger partial charge is 0.311 e. The van der Waals surface area contributed by atoms with Crippen LogP contribution >= 0.6 is 0 Å². The number of nitrogen functional groups attached to an aromatic ring is 1. The molecule has 0 bridgehead atoms. The van der Waals surface area contributed by atoms with Gasteiger partial charge in [-0.25, -0.2) is 4.98 Å². The number of nitrogens with zero attached hydrogens (tertiary/aromatic N) is 3. The van der Waals surface area contributed by atoms with Gasteiger partial charge in [-0.05, 0) is 37.9 Å². The van der Waals surface area contributed by atoms with Gasteiger partial charge in [0, 0.05) is 19.2 Å². The van der Waals surface area contributed by atoms with Crippen molar-refractivity contribution in [3.8, 4) is 0 Å². The van der Waals surface area contributed by atoms with Crippen molar-refractivity contribution < 1.29 is 4.92 Å². The highest BCUT2D eigenvalue weighted by molar-refractivity contribution is 5.58. The lowest BCUT2D eigenvalue weighted by atomic mass is 9.97. The van der Waals surface area contributed by atoms with Crippen molar-refractivity contribution in [2.24, 2.45) is 5.92 Å². The second-order valence-electron chi connectivity index (χ2n) is 5.07. The van der Waals surface area contributed by atoms with Crippen LogP contribution in [0.1, 0.15) is 19.8 Å². The lowest BCUT2D eigenvalue weighted by Crippen LogP contribution is -2.37. The monoisotopic (exact) mass is 279 g/mol. The first-order chi connectivity index (χ1) is 9.61. The van der Waals surface area contributed by atoms with Crippen molar-refractivity contribution in [2.75, 3.05) is 36.8 Å². The van der Waals surface area contributed by atoms with Crippen molar-refractivity contribution >= 4 is 17.3 Å². The summed E-state index contributed by atoms with van der Waals surface area (Å²) in [4.78, 5) is 16.5. The van der Waals surface area contributed by atoms with E-state index in [0.29, 0.717) is 5.92 Å². The van der Waals surface area contributed by atoms with Gasteiger partial charge in [-0.3, -0.25) is 10.1 Å². The molecule has 0 aromatic carbocycles. The lowest BCUT2D eigenvalue weighted by molar-refractivity contribution is -0.384. The molecule has 1 aromatic heterocycles. The Balaban J connectivity index is 1.97. The third-order valence-corrected chi connectivity index (χ3v) is 3.71. The molecule has 1 fully saturated rings. The number of nitro groups is 1. The quantitative estimate of drug-likeness (QED) is 0.624. The molecule has 7 nitrogen and oxygen atoms in total. The summed E-state index contributed by atoms with van der Waals surface area (Å²) in [5, 5.41) is 14.1. The Kier molecular flexibility index (Phi) is 4.73. The third kappa shape index (κ3) is 3.36. The molecule has 1 aliphatic rings. The van der Waals surface area contributed by atoms with Crippen molar-refractivity contribution in [1.29, 1.82) is 0 Å². The van der Waals surface area contributed by atoms with Crippen LogP contribution in [0.15, 0.2) is 12.1 Å². The summed E-state index contributed by atoms with van der Waals surface area (Å²) >= 11 is 0. The predicted octanol–water partition coefficient (Wildman–Crippen LogP) is 1.40.